The minimum atomic E-state index is -0.786. The van der Waals surface area contributed by atoms with Crippen molar-refractivity contribution in [3.05, 3.63) is 71.3 Å². The lowest BCUT2D eigenvalue weighted by Gasteiger charge is -2.28. The van der Waals surface area contributed by atoms with Crippen LogP contribution >= 0.6 is 0 Å². The summed E-state index contributed by atoms with van der Waals surface area (Å²) in [5.74, 6) is 0.180. The number of Topliss-reactive ketones (excluding diaryl/α,β-unsaturated/α-hetero) is 1. The molecular formula is C33H44N2O6. The van der Waals surface area contributed by atoms with Crippen LogP contribution in [0.15, 0.2) is 54.6 Å². The molecule has 1 aliphatic rings. The van der Waals surface area contributed by atoms with Gasteiger partial charge in [0.25, 0.3) is 11.7 Å². The third-order valence-electron chi connectivity index (χ3n) is 7.41. The van der Waals surface area contributed by atoms with Crippen LogP contribution < -0.4 is 14.2 Å². The Morgan fingerprint density at radius 2 is 1.76 bits per heavy atom. The summed E-state index contributed by atoms with van der Waals surface area (Å²) in [7, 11) is 1.56. The van der Waals surface area contributed by atoms with Gasteiger partial charge in [0.15, 0.2) is 11.5 Å². The molecular weight excluding hydrogens is 520 g/mol. The molecule has 1 heterocycles. The quantitative estimate of drug-likeness (QED) is 0.0893. The summed E-state index contributed by atoms with van der Waals surface area (Å²) < 4.78 is 17.3. The molecule has 8 heteroatoms. The van der Waals surface area contributed by atoms with Gasteiger partial charge in [-0.3, -0.25) is 9.59 Å². The second-order valence-electron chi connectivity index (χ2n) is 10.1. The highest BCUT2D eigenvalue weighted by Gasteiger charge is 2.46. The van der Waals surface area contributed by atoms with Crippen LogP contribution in [0.4, 0.5) is 0 Å². The Bertz CT molecular complexity index is 1250. The van der Waals surface area contributed by atoms with Crippen LogP contribution in [0.5, 0.6) is 17.2 Å². The van der Waals surface area contributed by atoms with Gasteiger partial charge in [-0.05, 0) is 67.9 Å². The number of methoxy groups -OCH3 is 1. The summed E-state index contributed by atoms with van der Waals surface area (Å²) in [5, 5.41) is 11.5. The number of likely N-dealkylation sites (tertiary alicyclic amines) is 1. The number of nitrogens with zero attached hydrogens (tertiary/aromatic N) is 2. The average molecular weight is 565 g/mol. The van der Waals surface area contributed by atoms with Gasteiger partial charge in [0.2, 0.25) is 0 Å². The van der Waals surface area contributed by atoms with Gasteiger partial charge < -0.3 is 29.1 Å². The molecule has 0 aliphatic carbocycles. The van der Waals surface area contributed by atoms with Gasteiger partial charge in [-0.25, -0.2) is 0 Å². The van der Waals surface area contributed by atoms with Crippen molar-refractivity contribution in [2.24, 2.45) is 0 Å². The molecule has 1 aliphatic heterocycles. The minimum absolute atomic E-state index is 0.0485. The number of aliphatic hydroxyl groups is 1. The zero-order valence-corrected chi connectivity index (χ0v) is 25.1. The first-order chi connectivity index (χ1) is 19.8. The highest BCUT2D eigenvalue weighted by molar-refractivity contribution is 6.46. The van der Waals surface area contributed by atoms with Crippen LogP contribution in [-0.4, -0.2) is 73.1 Å². The highest BCUT2D eigenvalue weighted by Crippen LogP contribution is 2.42. The summed E-state index contributed by atoms with van der Waals surface area (Å²) in [6, 6.07) is 9.83. The van der Waals surface area contributed by atoms with Gasteiger partial charge in [0, 0.05) is 18.7 Å². The van der Waals surface area contributed by atoms with E-state index in [0.717, 1.165) is 37.9 Å². The third kappa shape index (κ3) is 7.50. The molecule has 1 unspecified atom stereocenters. The number of aryl methyl sites for hydroxylation is 1. The average Bonchev–Trinajstić information content (AvgIpc) is 3.23. The van der Waals surface area contributed by atoms with Crippen molar-refractivity contribution in [2.45, 2.75) is 53.0 Å². The lowest BCUT2D eigenvalue weighted by Crippen LogP contribution is -2.38. The van der Waals surface area contributed by atoms with Crippen LogP contribution in [0.2, 0.25) is 0 Å². The molecule has 0 saturated carbocycles. The molecule has 0 spiro atoms. The van der Waals surface area contributed by atoms with Crippen molar-refractivity contribution in [2.75, 3.05) is 46.5 Å². The van der Waals surface area contributed by atoms with Crippen LogP contribution in [0.25, 0.3) is 5.76 Å². The number of ether oxygens (including phenoxy) is 3. The monoisotopic (exact) mass is 564 g/mol. The van der Waals surface area contributed by atoms with Crippen molar-refractivity contribution in [3.63, 3.8) is 0 Å². The fraction of sp³-hybridized carbons (Fsp3) is 0.455. The predicted molar refractivity (Wildman–Crippen MR) is 162 cm³/mol. The molecule has 1 fully saturated rings. The number of rotatable bonds is 16. The lowest BCUT2D eigenvalue weighted by atomic mass is 9.94. The largest absolute Gasteiger partial charge is 0.507 e. The van der Waals surface area contributed by atoms with Gasteiger partial charge in [0.05, 0.1) is 25.3 Å². The fourth-order valence-corrected chi connectivity index (χ4v) is 5.02. The number of carbonyl (C=O) groups excluding carboxylic acids is 2. The van der Waals surface area contributed by atoms with Crippen molar-refractivity contribution in [1.82, 2.24) is 9.80 Å². The Labute approximate surface area is 244 Å². The standard InChI is InChI=1S/C33H44N2O6/c1-7-11-12-20-41-27-16-13-24(22-28(27)39-6)30-29(32(37)33(38)35(30)18-17-34(9-3)10-4)31(36)25-14-15-26(23(5)21-25)40-19-8-2/h8,13-16,21-22,30,36H,2,7,9-12,17-20H2,1,3-6H3. The molecule has 222 valence electrons. The van der Waals surface area contributed by atoms with Crippen molar-refractivity contribution in [1.29, 1.82) is 0 Å². The summed E-state index contributed by atoms with van der Waals surface area (Å²) >= 11 is 0. The van der Waals surface area contributed by atoms with E-state index in [1.807, 2.05) is 13.0 Å². The smallest absolute Gasteiger partial charge is 0.295 e. The number of ketones is 1. The van der Waals surface area contributed by atoms with E-state index in [1.54, 1.807) is 48.4 Å². The van der Waals surface area contributed by atoms with E-state index >= 15 is 0 Å². The van der Waals surface area contributed by atoms with Gasteiger partial charge in [0.1, 0.15) is 18.1 Å². The van der Waals surface area contributed by atoms with Gasteiger partial charge >= 0.3 is 0 Å². The summed E-state index contributed by atoms with van der Waals surface area (Å²) in [6.07, 6.45) is 4.75. The zero-order chi connectivity index (χ0) is 29.9. The predicted octanol–water partition coefficient (Wildman–Crippen LogP) is 5.90. The maximum atomic E-state index is 13.5. The normalized spacial score (nSPS) is 16.3. The van der Waals surface area contributed by atoms with Crippen LogP contribution in [0.3, 0.4) is 0 Å². The third-order valence-corrected chi connectivity index (χ3v) is 7.41. The van der Waals surface area contributed by atoms with Crippen LogP contribution in [-0.2, 0) is 9.59 Å². The number of hydrogen-bond acceptors (Lipinski definition) is 7. The number of unbranched alkanes of at least 4 members (excludes halogenated alkanes) is 2. The second kappa shape index (κ2) is 15.3. The first-order valence-corrected chi connectivity index (χ1v) is 14.5. The molecule has 1 N–H and O–H groups in total. The van der Waals surface area contributed by atoms with Crippen LogP contribution in [0.1, 0.15) is 62.8 Å². The van der Waals surface area contributed by atoms with E-state index in [9.17, 15) is 14.7 Å². The van der Waals surface area contributed by atoms with Crippen molar-refractivity contribution >= 4 is 17.4 Å². The maximum Gasteiger partial charge on any atom is 0.295 e. The minimum Gasteiger partial charge on any atom is -0.507 e. The molecule has 2 aromatic carbocycles. The Morgan fingerprint density at radius 3 is 2.39 bits per heavy atom. The first kappa shape index (κ1) is 31.7. The first-order valence-electron chi connectivity index (χ1n) is 14.5. The second-order valence-corrected chi connectivity index (χ2v) is 10.1. The number of aliphatic hydroxyl groups excluding tert-OH is 1. The molecule has 0 aromatic heterocycles. The molecule has 8 nitrogen and oxygen atoms in total. The molecule has 1 saturated heterocycles. The number of hydrogen-bond donors (Lipinski definition) is 1. The van der Waals surface area contributed by atoms with E-state index in [2.05, 4.69) is 32.3 Å². The zero-order valence-electron chi connectivity index (χ0n) is 25.1. The van der Waals surface area contributed by atoms with Gasteiger partial charge in [-0.2, -0.15) is 0 Å². The number of carbonyl (C=O) groups is 2. The van der Waals surface area contributed by atoms with E-state index in [0.29, 0.717) is 54.7 Å². The Morgan fingerprint density at radius 1 is 1.02 bits per heavy atom. The highest BCUT2D eigenvalue weighted by atomic mass is 16.5. The van der Waals surface area contributed by atoms with Crippen molar-refractivity contribution in [3.8, 4) is 17.2 Å². The maximum absolute atomic E-state index is 13.5. The Hall–Kier alpha value is -3.78. The van der Waals surface area contributed by atoms with Gasteiger partial charge in [-0.15, -0.1) is 0 Å². The number of benzene rings is 2. The molecule has 2 aromatic rings. The molecule has 1 atom stereocenters. The molecule has 3 rings (SSSR count). The van der Waals surface area contributed by atoms with E-state index in [4.69, 9.17) is 14.2 Å². The molecule has 0 radical (unpaired) electrons. The van der Waals surface area contributed by atoms with Crippen molar-refractivity contribution < 1.29 is 28.9 Å². The fourth-order valence-electron chi connectivity index (χ4n) is 5.02. The Balaban J connectivity index is 2.08. The Kier molecular flexibility index (Phi) is 11.8. The number of likely N-dealkylation sites (N-methyl/N-ethyl adjacent to an activating group) is 1. The van der Waals surface area contributed by atoms with E-state index < -0.39 is 17.7 Å². The SMILES string of the molecule is C=CCOc1ccc(C(O)=C2C(=O)C(=O)N(CCN(CC)CC)C2c2ccc(OCCCCC)c(OC)c2)cc1C. The summed E-state index contributed by atoms with van der Waals surface area (Å²) in [5.41, 5.74) is 1.93. The van der Waals surface area contributed by atoms with E-state index in [1.165, 1.54) is 0 Å². The molecule has 41 heavy (non-hydrogen) atoms. The summed E-state index contributed by atoms with van der Waals surface area (Å²) in [4.78, 5) is 30.7. The van der Waals surface area contributed by atoms with E-state index in [-0.39, 0.29) is 11.3 Å². The molecule has 0 bridgehead atoms. The summed E-state index contributed by atoms with van der Waals surface area (Å²) in [6.45, 7) is 15.3. The molecule has 1 amide bonds. The lowest BCUT2D eigenvalue weighted by molar-refractivity contribution is -0.140. The van der Waals surface area contributed by atoms with Crippen LogP contribution in [0, 0.1) is 6.92 Å². The van der Waals surface area contributed by atoms with Gasteiger partial charge in [-0.1, -0.05) is 52.3 Å². The number of amides is 1. The topological polar surface area (TPSA) is 88.5 Å².